The molecule has 0 bridgehead atoms. The smallest absolute Gasteiger partial charge is 0.306 e. The lowest BCUT2D eigenvalue weighted by atomic mass is 10.1. The van der Waals surface area contributed by atoms with Crippen LogP contribution in [-0.2, 0) is 14.3 Å². The van der Waals surface area contributed by atoms with Crippen LogP contribution in [0.15, 0.2) is 30.3 Å². The van der Waals surface area contributed by atoms with E-state index < -0.39 is 0 Å². The first-order valence-corrected chi connectivity index (χ1v) is 10.6. The molecule has 4 nitrogen and oxygen atoms in total. The summed E-state index contributed by atoms with van der Waals surface area (Å²) in [6.45, 7) is 2.71. The molecule has 4 heteroatoms. The van der Waals surface area contributed by atoms with Crippen molar-refractivity contribution in [1.29, 1.82) is 0 Å². The number of ether oxygens (including phenoxy) is 1. The van der Waals surface area contributed by atoms with Crippen LogP contribution in [0.5, 0.6) is 0 Å². The molecule has 0 atom stereocenters. The Kier molecular flexibility index (Phi) is 13.1. The third-order valence-corrected chi connectivity index (χ3v) is 4.82. The minimum atomic E-state index is -0.277. The second-order valence-electron chi connectivity index (χ2n) is 7.19. The van der Waals surface area contributed by atoms with Gasteiger partial charge in [-0.3, -0.25) is 9.59 Å². The summed E-state index contributed by atoms with van der Waals surface area (Å²) in [7, 11) is 1.73. The molecule has 27 heavy (non-hydrogen) atoms. The van der Waals surface area contributed by atoms with Gasteiger partial charge in [-0.05, 0) is 18.6 Å². The number of hydrogen-bond acceptors (Lipinski definition) is 3. The Morgan fingerprint density at radius 1 is 0.815 bits per heavy atom. The zero-order valence-corrected chi connectivity index (χ0v) is 17.3. The summed E-state index contributed by atoms with van der Waals surface area (Å²) in [5.74, 6) is -0.349. The molecule has 0 aliphatic carbocycles. The van der Waals surface area contributed by atoms with Crippen molar-refractivity contribution in [1.82, 2.24) is 0 Å². The van der Waals surface area contributed by atoms with E-state index in [4.69, 9.17) is 4.74 Å². The number of nitrogens with zero attached hydrogens (tertiary/aromatic N) is 1. The molecule has 0 saturated heterocycles. The Labute approximate surface area is 165 Å². The van der Waals surface area contributed by atoms with Crippen molar-refractivity contribution < 1.29 is 14.3 Å². The van der Waals surface area contributed by atoms with Crippen LogP contribution in [0, 0.1) is 0 Å². The lowest BCUT2D eigenvalue weighted by molar-refractivity contribution is -0.144. The standard InChI is InChI=1S/C23H37NO3/c1-3-4-5-6-7-8-9-10-11-15-20-27-23(26)19-18-22(25)24(2)21-16-13-12-14-17-21/h12-14,16-17H,3-11,15,18-20H2,1-2H3. The van der Waals surface area contributed by atoms with E-state index in [1.165, 1.54) is 51.4 Å². The molecule has 0 N–H and O–H groups in total. The van der Waals surface area contributed by atoms with Gasteiger partial charge in [-0.25, -0.2) is 0 Å². The number of carbonyl (C=O) groups excluding carboxylic acids is 2. The molecule has 0 aromatic heterocycles. The van der Waals surface area contributed by atoms with Gasteiger partial charge in [-0.1, -0.05) is 82.9 Å². The highest BCUT2D eigenvalue weighted by atomic mass is 16.5. The molecular weight excluding hydrogens is 338 g/mol. The number of amides is 1. The minimum absolute atomic E-state index is 0.0721. The summed E-state index contributed by atoms with van der Waals surface area (Å²) in [6.07, 6.45) is 12.9. The molecule has 0 heterocycles. The van der Waals surface area contributed by atoms with Crippen LogP contribution in [0.4, 0.5) is 5.69 Å². The Hall–Kier alpha value is -1.84. The molecule has 152 valence electrons. The molecule has 0 radical (unpaired) electrons. The predicted octanol–water partition coefficient (Wildman–Crippen LogP) is 5.89. The summed E-state index contributed by atoms with van der Waals surface area (Å²) in [5, 5.41) is 0. The second-order valence-corrected chi connectivity index (χ2v) is 7.19. The lowest BCUT2D eigenvalue weighted by Crippen LogP contribution is -2.26. The Morgan fingerprint density at radius 2 is 1.37 bits per heavy atom. The van der Waals surface area contributed by atoms with E-state index in [0.29, 0.717) is 6.61 Å². The zero-order chi connectivity index (χ0) is 19.7. The number of carbonyl (C=O) groups is 2. The molecule has 0 fully saturated rings. The van der Waals surface area contributed by atoms with E-state index in [1.807, 2.05) is 30.3 Å². The maximum Gasteiger partial charge on any atom is 0.306 e. The Balaban J connectivity index is 1.97. The number of esters is 1. The first-order valence-electron chi connectivity index (χ1n) is 10.6. The van der Waals surface area contributed by atoms with Crippen LogP contribution in [0.3, 0.4) is 0 Å². The van der Waals surface area contributed by atoms with E-state index in [2.05, 4.69) is 6.92 Å². The van der Waals surface area contributed by atoms with Gasteiger partial charge in [-0.15, -0.1) is 0 Å². The highest BCUT2D eigenvalue weighted by Gasteiger charge is 2.13. The van der Waals surface area contributed by atoms with Gasteiger partial charge in [-0.2, -0.15) is 0 Å². The van der Waals surface area contributed by atoms with Gasteiger partial charge >= 0.3 is 5.97 Å². The topological polar surface area (TPSA) is 46.6 Å². The van der Waals surface area contributed by atoms with Gasteiger partial charge in [0.05, 0.1) is 13.0 Å². The summed E-state index contributed by atoms with van der Waals surface area (Å²) >= 11 is 0. The average Bonchev–Trinajstić information content (AvgIpc) is 2.70. The molecule has 1 aromatic carbocycles. The van der Waals surface area contributed by atoms with Crippen molar-refractivity contribution in [3.63, 3.8) is 0 Å². The third kappa shape index (κ3) is 11.5. The van der Waals surface area contributed by atoms with Gasteiger partial charge in [0, 0.05) is 19.2 Å². The van der Waals surface area contributed by atoms with Gasteiger partial charge in [0.15, 0.2) is 0 Å². The summed E-state index contributed by atoms with van der Waals surface area (Å²) in [6, 6.07) is 9.44. The molecule has 0 aliphatic heterocycles. The molecular formula is C23H37NO3. The fourth-order valence-electron chi connectivity index (χ4n) is 3.02. The SMILES string of the molecule is CCCCCCCCCCCCOC(=O)CCC(=O)N(C)c1ccccc1. The monoisotopic (exact) mass is 375 g/mol. The van der Waals surface area contributed by atoms with E-state index in [1.54, 1.807) is 11.9 Å². The van der Waals surface area contributed by atoms with Gasteiger partial charge < -0.3 is 9.64 Å². The number of hydrogen-bond donors (Lipinski definition) is 0. The minimum Gasteiger partial charge on any atom is -0.466 e. The van der Waals surface area contributed by atoms with Crippen LogP contribution in [0.25, 0.3) is 0 Å². The van der Waals surface area contributed by atoms with E-state index in [-0.39, 0.29) is 24.7 Å². The van der Waals surface area contributed by atoms with Gasteiger partial charge in [0.1, 0.15) is 0 Å². The molecule has 0 aliphatic rings. The van der Waals surface area contributed by atoms with Crippen molar-refractivity contribution >= 4 is 17.6 Å². The number of para-hydroxylation sites is 1. The fourth-order valence-corrected chi connectivity index (χ4v) is 3.02. The predicted molar refractivity (Wildman–Crippen MR) is 112 cm³/mol. The zero-order valence-electron chi connectivity index (χ0n) is 17.3. The van der Waals surface area contributed by atoms with E-state index >= 15 is 0 Å². The quantitative estimate of drug-likeness (QED) is 0.283. The molecule has 0 unspecified atom stereocenters. The molecule has 1 rings (SSSR count). The number of benzene rings is 1. The molecule has 1 amide bonds. The van der Waals surface area contributed by atoms with Crippen LogP contribution in [0.2, 0.25) is 0 Å². The first kappa shape index (κ1) is 23.2. The first-order chi connectivity index (χ1) is 13.1. The highest BCUT2D eigenvalue weighted by molar-refractivity contribution is 5.94. The number of anilines is 1. The third-order valence-electron chi connectivity index (χ3n) is 4.82. The Morgan fingerprint density at radius 3 is 1.96 bits per heavy atom. The van der Waals surface area contributed by atoms with Crippen LogP contribution >= 0.6 is 0 Å². The average molecular weight is 376 g/mol. The summed E-state index contributed by atoms with van der Waals surface area (Å²) < 4.78 is 5.24. The normalized spacial score (nSPS) is 10.6. The highest BCUT2D eigenvalue weighted by Crippen LogP contribution is 2.13. The maximum absolute atomic E-state index is 12.1. The molecule has 0 saturated carbocycles. The van der Waals surface area contributed by atoms with Crippen LogP contribution in [-0.4, -0.2) is 25.5 Å². The van der Waals surface area contributed by atoms with Crippen LogP contribution in [0.1, 0.15) is 84.0 Å². The molecule has 0 spiro atoms. The summed E-state index contributed by atoms with van der Waals surface area (Å²) in [5.41, 5.74) is 0.834. The Bertz CT molecular complexity index is 516. The molecule has 1 aromatic rings. The van der Waals surface area contributed by atoms with Crippen molar-refractivity contribution in [2.24, 2.45) is 0 Å². The lowest BCUT2D eigenvalue weighted by Gasteiger charge is -2.16. The van der Waals surface area contributed by atoms with E-state index in [9.17, 15) is 9.59 Å². The van der Waals surface area contributed by atoms with E-state index in [0.717, 1.165) is 18.5 Å². The van der Waals surface area contributed by atoms with Crippen molar-refractivity contribution in [3.05, 3.63) is 30.3 Å². The van der Waals surface area contributed by atoms with Gasteiger partial charge in [0.2, 0.25) is 5.91 Å². The van der Waals surface area contributed by atoms with Gasteiger partial charge in [0.25, 0.3) is 0 Å². The number of rotatable bonds is 15. The second kappa shape index (κ2) is 15.2. The fraction of sp³-hybridized carbons (Fsp3) is 0.652. The largest absolute Gasteiger partial charge is 0.466 e. The van der Waals surface area contributed by atoms with Crippen LogP contribution < -0.4 is 4.90 Å². The van der Waals surface area contributed by atoms with Crippen molar-refractivity contribution in [2.75, 3.05) is 18.6 Å². The van der Waals surface area contributed by atoms with Crippen molar-refractivity contribution in [3.8, 4) is 0 Å². The van der Waals surface area contributed by atoms with Crippen molar-refractivity contribution in [2.45, 2.75) is 84.0 Å². The number of unbranched alkanes of at least 4 members (excludes halogenated alkanes) is 9. The summed E-state index contributed by atoms with van der Waals surface area (Å²) in [4.78, 5) is 25.5. The maximum atomic E-state index is 12.1.